The van der Waals surface area contributed by atoms with Gasteiger partial charge in [-0.05, 0) is 37.5 Å². The average Bonchev–Trinajstić information content (AvgIpc) is 1.79. The van der Waals surface area contributed by atoms with Crippen molar-refractivity contribution in [2.75, 3.05) is 0 Å². The summed E-state index contributed by atoms with van der Waals surface area (Å²) in [5.74, 6) is -21.9. The number of nitrogens with zero attached hydrogens (tertiary/aromatic N) is 3. The number of hydrogen-bond acceptors (Lipinski definition) is 5. The Kier molecular flexibility index (Phi) is 14.9. The van der Waals surface area contributed by atoms with Gasteiger partial charge in [0.2, 0.25) is 11.6 Å². The van der Waals surface area contributed by atoms with Crippen molar-refractivity contribution in [3.63, 3.8) is 0 Å². The molecule has 89 heavy (non-hydrogen) atoms. The molecule has 13 rings (SSSR count). The topological polar surface area (TPSA) is 54.5 Å². The van der Waals surface area contributed by atoms with Crippen molar-refractivity contribution in [3.05, 3.63) is 227 Å². The SMILES string of the molecule is Cc1cc(C)c(-c2c3nc(c(-c4c(F)c(F)c(F)c(F)c4F)c4nc(c(-c5c(C)cc(C)cc5C)c5ccc(s5)c5ccc([se]5)c5ccc(s5)c(-c5c(C)cc(C)cc5C)c5nc(c(-c6c(F)c(F)c(F)c(F)c6F)c6ccc2[nH]6)C=C5)C=C4)C=C3)c(C)c1. The number of thiophene rings is 2. The van der Waals surface area contributed by atoms with E-state index in [4.69, 9.17) is 15.0 Å². The van der Waals surface area contributed by atoms with Crippen molar-refractivity contribution in [2.24, 2.45) is 0 Å². The number of rotatable bonds is 5. The monoisotopic (exact) mass is 1300 g/mol. The molecule has 0 saturated heterocycles. The summed E-state index contributed by atoms with van der Waals surface area (Å²) in [5.41, 5.74) is 8.27. The van der Waals surface area contributed by atoms with E-state index in [2.05, 4.69) is 17.1 Å². The second-order valence-electron chi connectivity index (χ2n) is 22.5. The quantitative estimate of drug-likeness (QED) is 0.0809. The zero-order chi connectivity index (χ0) is 62.9. The fraction of sp³-hybridized carbons (Fsp3) is 0.125. The van der Waals surface area contributed by atoms with Gasteiger partial charge in [-0.1, -0.05) is 17.7 Å². The molecule has 8 heterocycles. The first-order chi connectivity index (χ1) is 42.5. The van der Waals surface area contributed by atoms with Crippen LogP contribution in [0.15, 0.2) is 84.9 Å². The first-order valence-corrected chi connectivity index (χ1v) is 31.4. The Balaban J connectivity index is 1.26. The van der Waals surface area contributed by atoms with Crippen LogP contribution in [0.2, 0.25) is 0 Å². The number of aryl methyl sites for hydroxylation is 9. The number of benzene rings is 5. The van der Waals surface area contributed by atoms with Crippen molar-refractivity contribution < 1.29 is 43.9 Å². The first-order valence-electron chi connectivity index (χ1n) is 28.0. The minimum atomic E-state index is -2.36. The molecule has 1 N–H and O–H groups in total. The minimum Gasteiger partial charge on any atom is -0.0557 e. The molecule has 0 saturated carbocycles. The molecule has 0 radical (unpaired) electrons. The summed E-state index contributed by atoms with van der Waals surface area (Å²) in [6, 6.07) is 27.1. The Morgan fingerprint density at radius 3 is 0.876 bits per heavy atom. The molecule has 0 amide bonds. The van der Waals surface area contributed by atoms with Crippen molar-refractivity contribution in [2.45, 2.75) is 62.3 Å². The van der Waals surface area contributed by atoms with E-state index < -0.39 is 80.4 Å². The Morgan fingerprint density at radius 1 is 0.281 bits per heavy atom. The molecule has 10 aromatic rings. The zero-order valence-corrected chi connectivity index (χ0v) is 52.2. The van der Waals surface area contributed by atoms with Crippen LogP contribution in [0.25, 0.3) is 130 Å². The van der Waals surface area contributed by atoms with Gasteiger partial charge in [0.15, 0.2) is 0 Å². The molecule has 5 aromatic carbocycles. The van der Waals surface area contributed by atoms with Crippen LogP contribution in [0, 0.1) is 120 Å². The van der Waals surface area contributed by atoms with Crippen LogP contribution < -0.4 is 0 Å². The molecule has 0 unspecified atom stereocenters. The first kappa shape index (κ1) is 59.2. The van der Waals surface area contributed by atoms with Crippen LogP contribution in [0.5, 0.6) is 0 Å². The van der Waals surface area contributed by atoms with Gasteiger partial charge >= 0.3 is 422 Å². The van der Waals surface area contributed by atoms with Gasteiger partial charge in [-0.2, -0.15) is 0 Å². The fourth-order valence-electron chi connectivity index (χ4n) is 12.7. The van der Waals surface area contributed by atoms with E-state index in [1.807, 2.05) is 123 Å². The molecular weight excluding hydrogens is 1250 g/mol. The van der Waals surface area contributed by atoms with E-state index in [0.717, 1.165) is 77.4 Å². The van der Waals surface area contributed by atoms with Gasteiger partial charge in [-0.25, -0.2) is 26.3 Å². The van der Waals surface area contributed by atoms with Gasteiger partial charge in [-0.15, -0.1) is 0 Å². The predicted octanol–water partition coefficient (Wildman–Crippen LogP) is 21.4. The van der Waals surface area contributed by atoms with Crippen molar-refractivity contribution in [3.8, 4) is 55.6 Å². The Bertz CT molecular complexity index is 5150. The third kappa shape index (κ3) is 9.93. The molecule has 0 aliphatic carbocycles. The Hall–Kier alpha value is -8.73. The van der Waals surface area contributed by atoms with E-state index in [9.17, 15) is 0 Å². The fourth-order valence-corrected chi connectivity index (χ4v) is 17.4. The van der Waals surface area contributed by atoms with Crippen LogP contribution >= 0.6 is 22.7 Å². The van der Waals surface area contributed by atoms with Crippen LogP contribution in [0.4, 0.5) is 43.9 Å². The van der Waals surface area contributed by atoms with E-state index in [0.29, 0.717) is 39.2 Å². The summed E-state index contributed by atoms with van der Waals surface area (Å²) < 4.78 is 165. The van der Waals surface area contributed by atoms with E-state index >= 15 is 43.9 Å². The second kappa shape index (κ2) is 22.4. The number of halogens is 10. The summed E-state index contributed by atoms with van der Waals surface area (Å²) in [6.07, 6.45) is 9.05. The molecule has 3 aliphatic rings. The molecule has 3 aliphatic heterocycles. The normalized spacial score (nSPS) is 12.3. The van der Waals surface area contributed by atoms with Crippen LogP contribution in [0.3, 0.4) is 0 Å². The van der Waals surface area contributed by atoms with Gasteiger partial charge in [0.1, 0.15) is 0 Å². The molecule has 14 bridgehead atoms. The van der Waals surface area contributed by atoms with Crippen molar-refractivity contribution >= 4 is 112 Å². The smallest absolute Gasteiger partial charge is 0.0557 e. The number of nitrogens with one attached hydrogen (secondary N) is 1. The number of hydrogen-bond donors (Lipinski definition) is 1. The Morgan fingerprint density at radius 2 is 0.539 bits per heavy atom. The summed E-state index contributed by atoms with van der Waals surface area (Å²) >= 11 is 2.82. The summed E-state index contributed by atoms with van der Waals surface area (Å²) in [4.78, 5) is 18.3. The van der Waals surface area contributed by atoms with Crippen molar-refractivity contribution in [1.82, 2.24) is 19.9 Å². The van der Waals surface area contributed by atoms with Crippen LogP contribution in [0.1, 0.15) is 84.2 Å². The van der Waals surface area contributed by atoms with Crippen LogP contribution in [-0.4, -0.2) is 34.4 Å². The molecule has 0 fully saturated rings. The van der Waals surface area contributed by atoms with E-state index in [1.165, 1.54) is 59.1 Å². The standard InChI is InChI=1S/C72H48F10N4S2Se/c1-30-24-33(4)53(34(5)25-30)56-39-10-12-41(83-39)57(61-63(73)67(77)71(81)68(78)64(61)74)43-14-16-45(85-43)59(54-35(6)26-31(2)27-36(54)7)49-20-18-47(87-49)51-22-23-52(89-51)48-19-21-50(88-48)60(55-37(8)28-32(3)29-38(55)9)46-17-15-44(86-46)58(42-13-11-40(56)84-42)62-65(75)69(79)72(82)70(80)66(62)76/h10-29,83H,1-9H3. The average molecular weight is 1300 g/mol. The molecule has 4 nitrogen and oxygen atoms in total. The van der Waals surface area contributed by atoms with E-state index in [-0.39, 0.29) is 53.9 Å². The summed E-state index contributed by atoms with van der Waals surface area (Å²) in [5, 5.41) is 0. The van der Waals surface area contributed by atoms with Gasteiger partial charge in [0.05, 0.1) is 0 Å². The predicted molar refractivity (Wildman–Crippen MR) is 344 cm³/mol. The minimum absolute atomic E-state index is 0.0766. The van der Waals surface area contributed by atoms with Crippen LogP contribution in [-0.2, 0) is 0 Å². The third-order valence-electron chi connectivity index (χ3n) is 16.2. The Labute approximate surface area is 518 Å². The number of aromatic amines is 1. The molecule has 444 valence electrons. The van der Waals surface area contributed by atoms with Gasteiger partial charge in [0, 0.05) is 5.56 Å². The molecule has 17 heteroatoms. The third-order valence-corrected chi connectivity index (χ3v) is 21.5. The molecule has 0 atom stereocenters. The maximum absolute atomic E-state index is 16.7. The number of fused-ring (bicyclic) bond motifs is 16. The van der Waals surface area contributed by atoms with Crippen molar-refractivity contribution in [1.29, 1.82) is 0 Å². The molecular formula is C72H48F10N4S2Se. The van der Waals surface area contributed by atoms with E-state index in [1.54, 1.807) is 12.2 Å². The number of H-pyrrole nitrogens is 1. The summed E-state index contributed by atoms with van der Waals surface area (Å²) in [7, 11) is 0. The maximum atomic E-state index is 16.7. The van der Waals surface area contributed by atoms with Gasteiger partial charge in [0.25, 0.3) is 0 Å². The summed E-state index contributed by atoms with van der Waals surface area (Å²) in [6.45, 7) is 17.4. The molecule has 0 spiro atoms. The zero-order valence-electron chi connectivity index (χ0n) is 48.9. The second-order valence-corrected chi connectivity index (χ2v) is 27.0. The molecule has 5 aromatic heterocycles. The van der Waals surface area contributed by atoms with Gasteiger partial charge < -0.3 is 0 Å². The van der Waals surface area contributed by atoms with Gasteiger partial charge in [-0.3, -0.25) is 0 Å². The number of aromatic nitrogens is 4.